The summed E-state index contributed by atoms with van der Waals surface area (Å²) in [5, 5.41) is 0.372. The molecule has 0 aliphatic carbocycles. The lowest BCUT2D eigenvalue weighted by Crippen LogP contribution is -2.36. The van der Waals surface area contributed by atoms with Crippen LogP contribution in [0, 0.1) is 12.3 Å². The van der Waals surface area contributed by atoms with E-state index in [0.29, 0.717) is 17.3 Å². The third-order valence-corrected chi connectivity index (χ3v) is 3.82. The molecule has 0 spiro atoms. The summed E-state index contributed by atoms with van der Waals surface area (Å²) in [6.45, 7) is 9.91. The molecular formula is C16H21ClN2O. The maximum absolute atomic E-state index is 12.5. The van der Waals surface area contributed by atoms with Crippen molar-refractivity contribution in [3.63, 3.8) is 0 Å². The summed E-state index contributed by atoms with van der Waals surface area (Å²) in [7, 11) is 0. The molecule has 0 radical (unpaired) electrons. The van der Waals surface area contributed by atoms with Gasteiger partial charge in [-0.25, -0.2) is 4.98 Å². The first-order valence-electron chi connectivity index (χ1n) is 6.90. The van der Waals surface area contributed by atoms with E-state index < -0.39 is 0 Å². The van der Waals surface area contributed by atoms with Crippen LogP contribution in [0.1, 0.15) is 43.2 Å². The molecule has 20 heavy (non-hydrogen) atoms. The molecule has 3 nitrogen and oxygen atoms in total. The zero-order valence-electron chi connectivity index (χ0n) is 12.5. The van der Waals surface area contributed by atoms with Crippen molar-refractivity contribution in [1.82, 2.24) is 9.88 Å². The van der Waals surface area contributed by atoms with Crippen LogP contribution >= 0.6 is 11.6 Å². The molecule has 0 atom stereocenters. The van der Waals surface area contributed by atoms with Crippen LogP contribution in [0.5, 0.6) is 0 Å². The van der Waals surface area contributed by atoms with Crippen LogP contribution in [-0.2, 0) is 0 Å². The Kier molecular flexibility index (Phi) is 4.19. The summed E-state index contributed by atoms with van der Waals surface area (Å²) >= 11 is 5.92. The fourth-order valence-electron chi connectivity index (χ4n) is 2.47. The first-order chi connectivity index (χ1) is 9.27. The standard InChI is InChI=1S/C16H21ClN2O/c1-11-9-12(10-14(17)18-11)15(20)19-7-5-13(6-8-19)16(2,3)4/h5,9-10H,6-8H2,1-4H3. The van der Waals surface area contributed by atoms with Crippen molar-refractivity contribution >= 4 is 17.5 Å². The van der Waals surface area contributed by atoms with Crippen molar-refractivity contribution in [2.45, 2.75) is 34.1 Å². The maximum Gasteiger partial charge on any atom is 0.254 e. The third-order valence-electron chi connectivity index (χ3n) is 3.63. The average molecular weight is 293 g/mol. The first-order valence-corrected chi connectivity index (χ1v) is 7.28. The van der Waals surface area contributed by atoms with Gasteiger partial charge in [-0.1, -0.05) is 44.0 Å². The number of rotatable bonds is 1. The maximum atomic E-state index is 12.5. The van der Waals surface area contributed by atoms with E-state index in [2.05, 4.69) is 31.8 Å². The summed E-state index contributed by atoms with van der Waals surface area (Å²) in [5.74, 6) is 0.0293. The molecule has 0 fully saturated rings. The molecule has 0 bridgehead atoms. The number of aromatic nitrogens is 1. The summed E-state index contributed by atoms with van der Waals surface area (Å²) in [4.78, 5) is 18.4. The minimum atomic E-state index is 0.0293. The molecular weight excluding hydrogens is 272 g/mol. The highest BCUT2D eigenvalue weighted by Crippen LogP contribution is 2.30. The second-order valence-electron chi connectivity index (χ2n) is 6.30. The van der Waals surface area contributed by atoms with Gasteiger partial charge in [0, 0.05) is 24.3 Å². The van der Waals surface area contributed by atoms with Crippen molar-refractivity contribution in [2.24, 2.45) is 5.41 Å². The van der Waals surface area contributed by atoms with Crippen molar-refractivity contribution in [2.75, 3.05) is 13.1 Å². The zero-order chi connectivity index (χ0) is 14.9. The second-order valence-corrected chi connectivity index (χ2v) is 6.69. The van der Waals surface area contributed by atoms with Gasteiger partial charge >= 0.3 is 0 Å². The Labute approximate surface area is 125 Å². The van der Waals surface area contributed by atoms with E-state index in [4.69, 9.17) is 11.6 Å². The van der Waals surface area contributed by atoms with E-state index >= 15 is 0 Å². The molecule has 0 saturated heterocycles. The summed E-state index contributed by atoms with van der Waals surface area (Å²) in [5.41, 5.74) is 3.00. The lowest BCUT2D eigenvalue weighted by Gasteiger charge is -2.32. The third kappa shape index (κ3) is 3.40. The molecule has 1 aliphatic rings. The molecule has 0 unspecified atom stereocenters. The molecule has 2 heterocycles. The Morgan fingerprint density at radius 1 is 1.35 bits per heavy atom. The quantitative estimate of drug-likeness (QED) is 0.582. The Balaban J connectivity index is 2.14. The fraction of sp³-hybridized carbons (Fsp3) is 0.500. The SMILES string of the molecule is Cc1cc(C(=O)N2CC=C(C(C)(C)C)CC2)cc(Cl)n1. The van der Waals surface area contributed by atoms with E-state index in [9.17, 15) is 4.79 Å². The number of nitrogens with zero attached hydrogens (tertiary/aromatic N) is 2. The highest BCUT2D eigenvalue weighted by atomic mass is 35.5. The molecule has 0 aromatic carbocycles. The molecule has 108 valence electrons. The molecule has 1 amide bonds. The van der Waals surface area contributed by atoms with Gasteiger partial charge in [0.05, 0.1) is 0 Å². The van der Waals surface area contributed by atoms with Gasteiger partial charge in [0.2, 0.25) is 0 Å². The Hall–Kier alpha value is -1.35. The molecule has 0 saturated carbocycles. The van der Waals surface area contributed by atoms with Gasteiger partial charge in [-0.3, -0.25) is 4.79 Å². The van der Waals surface area contributed by atoms with E-state index in [1.165, 1.54) is 5.57 Å². The normalized spacial score (nSPS) is 16.1. The van der Waals surface area contributed by atoms with E-state index in [-0.39, 0.29) is 11.3 Å². The lowest BCUT2D eigenvalue weighted by molar-refractivity contribution is 0.0764. The Morgan fingerprint density at radius 2 is 2.05 bits per heavy atom. The number of hydrogen-bond donors (Lipinski definition) is 0. The highest BCUT2D eigenvalue weighted by Gasteiger charge is 2.24. The molecule has 1 aromatic heterocycles. The van der Waals surface area contributed by atoms with Gasteiger partial charge in [-0.05, 0) is 30.9 Å². The summed E-state index contributed by atoms with van der Waals surface area (Å²) < 4.78 is 0. The minimum Gasteiger partial charge on any atom is -0.335 e. The zero-order valence-corrected chi connectivity index (χ0v) is 13.3. The van der Waals surface area contributed by atoms with Crippen LogP contribution < -0.4 is 0 Å². The topological polar surface area (TPSA) is 33.2 Å². The molecule has 0 N–H and O–H groups in total. The van der Waals surface area contributed by atoms with E-state index in [0.717, 1.165) is 18.7 Å². The minimum absolute atomic E-state index is 0.0293. The van der Waals surface area contributed by atoms with Crippen LogP contribution in [0.2, 0.25) is 5.15 Å². The van der Waals surface area contributed by atoms with Gasteiger partial charge in [-0.15, -0.1) is 0 Å². The van der Waals surface area contributed by atoms with Crippen LogP contribution in [0.4, 0.5) is 0 Å². The monoisotopic (exact) mass is 292 g/mol. The number of pyridine rings is 1. The van der Waals surface area contributed by atoms with Gasteiger partial charge < -0.3 is 4.90 Å². The van der Waals surface area contributed by atoms with E-state index in [1.807, 2.05) is 11.8 Å². The van der Waals surface area contributed by atoms with Gasteiger partial charge in [-0.2, -0.15) is 0 Å². The van der Waals surface area contributed by atoms with Crippen molar-refractivity contribution in [1.29, 1.82) is 0 Å². The second kappa shape index (κ2) is 5.57. The predicted molar refractivity (Wildman–Crippen MR) is 82.0 cm³/mol. The summed E-state index contributed by atoms with van der Waals surface area (Å²) in [6, 6.07) is 3.43. The average Bonchev–Trinajstić information content (AvgIpc) is 2.36. The molecule has 2 rings (SSSR count). The van der Waals surface area contributed by atoms with Crippen molar-refractivity contribution < 1.29 is 4.79 Å². The molecule has 1 aliphatic heterocycles. The number of hydrogen-bond acceptors (Lipinski definition) is 2. The number of aryl methyl sites for hydroxylation is 1. The molecule has 1 aromatic rings. The van der Waals surface area contributed by atoms with Gasteiger partial charge in [0.25, 0.3) is 5.91 Å². The van der Waals surface area contributed by atoms with Crippen LogP contribution in [0.3, 0.4) is 0 Å². The van der Waals surface area contributed by atoms with Crippen LogP contribution in [-0.4, -0.2) is 28.9 Å². The highest BCUT2D eigenvalue weighted by molar-refractivity contribution is 6.29. The van der Waals surface area contributed by atoms with Gasteiger partial charge in [0.1, 0.15) is 5.15 Å². The molecule has 4 heteroatoms. The fourth-order valence-corrected chi connectivity index (χ4v) is 2.72. The van der Waals surface area contributed by atoms with E-state index in [1.54, 1.807) is 12.1 Å². The van der Waals surface area contributed by atoms with Crippen molar-refractivity contribution in [3.05, 3.63) is 40.2 Å². The number of carbonyl (C=O) groups excluding carboxylic acids is 1. The van der Waals surface area contributed by atoms with Crippen molar-refractivity contribution in [3.8, 4) is 0 Å². The van der Waals surface area contributed by atoms with Gasteiger partial charge in [0.15, 0.2) is 0 Å². The Morgan fingerprint density at radius 3 is 2.55 bits per heavy atom. The van der Waals surface area contributed by atoms with Crippen LogP contribution in [0.15, 0.2) is 23.8 Å². The summed E-state index contributed by atoms with van der Waals surface area (Å²) in [6.07, 6.45) is 3.12. The smallest absolute Gasteiger partial charge is 0.254 e. The number of amides is 1. The predicted octanol–water partition coefficient (Wildman–Crippen LogP) is 3.86. The Bertz CT molecular complexity index is 538. The number of carbonyl (C=O) groups is 1. The number of halogens is 1. The largest absolute Gasteiger partial charge is 0.335 e. The van der Waals surface area contributed by atoms with Crippen LogP contribution in [0.25, 0.3) is 0 Å². The lowest BCUT2D eigenvalue weighted by atomic mass is 9.83. The first kappa shape index (κ1) is 15.0.